The van der Waals surface area contributed by atoms with Crippen molar-refractivity contribution < 1.29 is 4.79 Å². The molecule has 1 rings (SSSR count). The van der Waals surface area contributed by atoms with Gasteiger partial charge in [0.1, 0.15) is 0 Å². The number of carbonyl (C=O) groups is 1. The molecule has 0 unspecified atom stereocenters. The largest absolute Gasteiger partial charge is 0.333 e. The van der Waals surface area contributed by atoms with Crippen LogP contribution in [0.5, 0.6) is 0 Å². The Morgan fingerprint density at radius 3 is 2.42 bits per heavy atom. The lowest BCUT2D eigenvalue weighted by Crippen LogP contribution is -2.38. The van der Waals surface area contributed by atoms with Crippen molar-refractivity contribution in [3.63, 3.8) is 0 Å². The Morgan fingerprint density at radius 1 is 1.26 bits per heavy atom. The summed E-state index contributed by atoms with van der Waals surface area (Å²) < 4.78 is 0.963. The first-order valence-corrected chi connectivity index (χ1v) is 6.90. The smallest absolute Gasteiger partial charge is 0.257 e. The van der Waals surface area contributed by atoms with Crippen molar-refractivity contribution in [2.45, 2.75) is 13.8 Å². The summed E-state index contributed by atoms with van der Waals surface area (Å²) in [6, 6.07) is 8.93. The molecule has 1 amide bonds. The molecular formula is C14H15BrN2OS. The first kappa shape index (κ1) is 15.6. The van der Waals surface area contributed by atoms with Gasteiger partial charge in [0, 0.05) is 11.3 Å². The Morgan fingerprint density at radius 2 is 1.89 bits per heavy atom. The second kappa shape index (κ2) is 7.86. The zero-order chi connectivity index (χ0) is 14.3. The lowest BCUT2D eigenvalue weighted by atomic mass is 10.2. The van der Waals surface area contributed by atoms with E-state index >= 15 is 0 Å². The van der Waals surface area contributed by atoms with Gasteiger partial charge in [-0.25, -0.2) is 0 Å². The Hall–Kier alpha value is -1.46. The van der Waals surface area contributed by atoms with E-state index in [1.54, 1.807) is 24.3 Å². The van der Waals surface area contributed by atoms with Gasteiger partial charge in [-0.05, 0) is 48.8 Å². The molecular weight excluding hydrogens is 324 g/mol. The lowest BCUT2D eigenvalue weighted by molar-refractivity contribution is 0.0977. The van der Waals surface area contributed by atoms with E-state index in [0.29, 0.717) is 5.56 Å². The third-order valence-electron chi connectivity index (χ3n) is 2.19. The molecule has 0 fully saturated rings. The molecule has 3 nitrogen and oxygen atoms in total. The van der Waals surface area contributed by atoms with E-state index in [4.69, 9.17) is 12.2 Å². The van der Waals surface area contributed by atoms with Crippen molar-refractivity contribution in [2.24, 2.45) is 0 Å². The van der Waals surface area contributed by atoms with Crippen molar-refractivity contribution in [1.29, 1.82) is 0 Å². The van der Waals surface area contributed by atoms with E-state index in [2.05, 4.69) is 26.6 Å². The van der Waals surface area contributed by atoms with Crippen LogP contribution in [0.3, 0.4) is 0 Å². The van der Waals surface area contributed by atoms with Crippen LogP contribution in [0, 0.1) is 0 Å². The number of amides is 1. The van der Waals surface area contributed by atoms with Crippen LogP contribution in [0.2, 0.25) is 0 Å². The molecule has 100 valence electrons. The minimum absolute atomic E-state index is 0.229. The summed E-state index contributed by atoms with van der Waals surface area (Å²) in [5.41, 5.74) is 1.38. The van der Waals surface area contributed by atoms with E-state index in [1.807, 2.05) is 32.1 Å². The standard InChI is InChI=1S/C14H15BrN2OS/c1-3-12(9-10(2)15)16-14(19)17-13(18)11-7-5-4-6-8-11/h3-9H,1-2H3,(H2,16,17,18,19)/b10-9+,12-3+. The molecule has 0 atom stereocenters. The summed E-state index contributed by atoms with van der Waals surface area (Å²) >= 11 is 8.44. The Labute approximate surface area is 126 Å². The van der Waals surface area contributed by atoms with Gasteiger partial charge in [0.05, 0.1) is 0 Å². The second-order valence-corrected chi connectivity index (χ2v) is 5.41. The lowest BCUT2D eigenvalue weighted by Gasteiger charge is -2.10. The Kier molecular flexibility index (Phi) is 6.45. The van der Waals surface area contributed by atoms with E-state index < -0.39 is 0 Å². The van der Waals surface area contributed by atoms with Gasteiger partial charge in [0.15, 0.2) is 5.11 Å². The highest BCUT2D eigenvalue weighted by atomic mass is 79.9. The van der Waals surface area contributed by atoms with Gasteiger partial charge in [-0.1, -0.05) is 40.2 Å². The van der Waals surface area contributed by atoms with E-state index in [-0.39, 0.29) is 11.0 Å². The quantitative estimate of drug-likeness (QED) is 0.654. The number of hydrogen-bond acceptors (Lipinski definition) is 2. The third kappa shape index (κ3) is 5.81. The van der Waals surface area contributed by atoms with Crippen molar-refractivity contribution >= 4 is 39.2 Å². The number of halogens is 1. The maximum atomic E-state index is 11.9. The van der Waals surface area contributed by atoms with Gasteiger partial charge in [0.2, 0.25) is 0 Å². The minimum Gasteiger partial charge on any atom is -0.333 e. The zero-order valence-corrected chi connectivity index (χ0v) is 13.1. The molecule has 0 saturated carbocycles. The van der Waals surface area contributed by atoms with E-state index in [0.717, 1.165) is 10.2 Å². The second-order valence-electron chi connectivity index (χ2n) is 3.75. The van der Waals surface area contributed by atoms with Gasteiger partial charge in [0.25, 0.3) is 5.91 Å². The van der Waals surface area contributed by atoms with E-state index in [1.165, 1.54) is 0 Å². The van der Waals surface area contributed by atoms with Crippen LogP contribution in [0.15, 0.2) is 52.7 Å². The summed E-state index contributed by atoms with van der Waals surface area (Å²) in [4.78, 5) is 11.9. The molecule has 0 aliphatic rings. The zero-order valence-electron chi connectivity index (χ0n) is 10.7. The molecule has 0 bridgehead atoms. The van der Waals surface area contributed by atoms with Gasteiger partial charge in [-0.3, -0.25) is 10.1 Å². The van der Waals surface area contributed by atoms with Crippen molar-refractivity contribution in [3.05, 3.63) is 58.2 Å². The molecule has 2 N–H and O–H groups in total. The molecule has 5 heteroatoms. The fourth-order valence-electron chi connectivity index (χ4n) is 1.33. The molecule has 0 saturated heterocycles. The fourth-order valence-corrected chi connectivity index (χ4v) is 1.79. The van der Waals surface area contributed by atoms with E-state index in [9.17, 15) is 4.79 Å². The van der Waals surface area contributed by atoms with Gasteiger partial charge in [-0.15, -0.1) is 0 Å². The molecule has 19 heavy (non-hydrogen) atoms. The number of hydrogen-bond donors (Lipinski definition) is 2. The molecule has 1 aromatic rings. The molecule has 0 heterocycles. The van der Waals surface area contributed by atoms with Crippen LogP contribution in [0.25, 0.3) is 0 Å². The van der Waals surface area contributed by atoms with Crippen LogP contribution in [0.4, 0.5) is 0 Å². The molecule has 0 aliphatic heterocycles. The van der Waals surface area contributed by atoms with Crippen molar-refractivity contribution in [2.75, 3.05) is 0 Å². The number of carbonyl (C=O) groups excluding carboxylic acids is 1. The van der Waals surface area contributed by atoms with Crippen LogP contribution in [-0.2, 0) is 0 Å². The van der Waals surface area contributed by atoms with Crippen LogP contribution in [0.1, 0.15) is 24.2 Å². The summed E-state index contributed by atoms with van der Waals surface area (Å²) in [5, 5.41) is 5.85. The van der Waals surface area contributed by atoms with Crippen LogP contribution in [-0.4, -0.2) is 11.0 Å². The maximum Gasteiger partial charge on any atom is 0.257 e. The Bertz CT molecular complexity index is 520. The predicted octanol–water partition coefficient (Wildman–Crippen LogP) is 3.49. The molecule has 0 aliphatic carbocycles. The maximum absolute atomic E-state index is 11.9. The van der Waals surface area contributed by atoms with Crippen molar-refractivity contribution in [1.82, 2.24) is 10.6 Å². The number of rotatable bonds is 3. The normalized spacial score (nSPS) is 11.9. The molecule has 0 radical (unpaired) electrons. The predicted molar refractivity (Wildman–Crippen MR) is 86.1 cm³/mol. The first-order valence-electron chi connectivity index (χ1n) is 5.70. The molecule has 1 aromatic carbocycles. The third-order valence-corrected chi connectivity index (χ3v) is 2.62. The average molecular weight is 339 g/mol. The topological polar surface area (TPSA) is 41.1 Å². The SMILES string of the molecule is C/C=C(\C=C(/C)Br)NC(=S)NC(=O)c1ccccc1. The summed E-state index contributed by atoms with van der Waals surface area (Å²) in [6.45, 7) is 3.80. The van der Waals surface area contributed by atoms with Crippen LogP contribution < -0.4 is 10.6 Å². The summed E-state index contributed by atoms with van der Waals surface area (Å²) in [5.74, 6) is -0.229. The minimum atomic E-state index is -0.229. The first-order chi connectivity index (χ1) is 9.02. The highest BCUT2D eigenvalue weighted by molar-refractivity contribution is 9.11. The summed E-state index contributed by atoms with van der Waals surface area (Å²) in [7, 11) is 0. The number of nitrogens with one attached hydrogen (secondary N) is 2. The number of thiocarbonyl (C=S) groups is 1. The van der Waals surface area contributed by atoms with Crippen molar-refractivity contribution in [3.8, 4) is 0 Å². The average Bonchev–Trinajstić information content (AvgIpc) is 2.38. The highest BCUT2D eigenvalue weighted by Crippen LogP contribution is 2.06. The number of benzene rings is 1. The molecule has 0 aromatic heterocycles. The highest BCUT2D eigenvalue weighted by Gasteiger charge is 2.07. The summed E-state index contributed by atoms with van der Waals surface area (Å²) in [6.07, 6.45) is 3.74. The van der Waals surface area contributed by atoms with Crippen LogP contribution >= 0.6 is 28.1 Å². The number of allylic oxidation sites excluding steroid dienone is 3. The fraction of sp³-hybridized carbons (Fsp3) is 0.143. The van der Waals surface area contributed by atoms with Gasteiger partial charge in [-0.2, -0.15) is 0 Å². The molecule has 0 spiro atoms. The van der Waals surface area contributed by atoms with Gasteiger partial charge >= 0.3 is 0 Å². The Balaban J connectivity index is 2.61. The monoisotopic (exact) mass is 338 g/mol. The van der Waals surface area contributed by atoms with Gasteiger partial charge < -0.3 is 5.32 Å².